The molecule has 2 aromatic carbocycles. The Bertz CT molecular complexity index is 1390. The monoisotopic (exact) mass is 573 g/mol. The number of nitrogens with zero attached hydrogens (tertiary/aromatic N) is 5. The minimum absolute atomic E-state index is 0.148. The standard InChI is InChI=1S/C31H39N7O4/c1-21-8-6-10-24(18-21)33-31(42)34-29-30(41)38(28-22(2)9-7-11-25(28)23(3)32-29)20-27(40)37-16-14-35(15-17-37)19-26(39)36-12-4-5-13-36/h6-11,18,29H,4-5,12-17,19-20H2,1-3H3,(H2,33,34,42)/t29-/m0/s1. The van der Waals surface area contributed by atoms with Crippen LogP contribution in [-0.4, -0.2) is 103 Å². The van der Waals surface area contributed by atoms with E-state index in [0.717, 1.165) is 42.6 Å². The molecule has 2 fully saturated rings. The summed E-state index contributed by atoms with van der Waals surface area (Å²) in [4.78, 5) is 64.7. The number of aryl methyl sites for hydroxylation is 2. The van der Waals surface area contributed by atoms with Crippen LogP contribution in [0.3, 0.4) is 0 Å². The Morgan fingerprint density at radius 2 is 1.52 bits per heavy atom. The molecule has 0 aromatic heterocycles. The van der Waals surface area contributed by atoms with Gasteiger partial charge < -0.3 is 20.4 Å². The van der Waals surface area contributed by atoms with Crippen molar-refractivity contribution < 1.29 is 19.2 Å². The van der Waals surface area contributed by atoms with Gasteiger partial charge in [0.05, 0.1) is 12.2 Å². The predicted octanol–water partition coefficient (Wildman–Crippen LogP) is 2.37. The number of hydrogen-bond donors (Lipinski definition) is 2. The Balaban J connectivity index is 1.28. The molecule has 3 heterocycles. The average Bonchev–Trinajstić information content (AvgIpc) is 3.48. The fourth-order valence-electron chi connectivity index (χ4n) is 5.80. The molecule has 2 aromatic rings. The number of anilines is 2. The van der Waals surface area contributed by atoms with Gasteiger partial charge >= 0.3 is 6.03 Å². The first-order chi connectivity index (χ1) is 20.2. The number of likely N-dealkylation sites (tertiary alicyclic amines) is 1. The molecule has 0 radical (unpaired) electrons. The van der Waals surface area contributed by atoms with Crippen molar-refractivity contribution in [3.63, 3.8) is 0 Å². The van der Waals surface area contributed by atoms with Gasteiger partial charge in [0.2, 0.25) is 18.0 Å². The maximum atomic E-state index is 13.9. The van der Waals surface area contributed by atoms with Crippen molar-refractivity contribution in [2.24, 2.45) is 4.99 Å². The molecule has 0 spiro atoms. The SMILES string of the molecule is CC1=N[C@@H](NC(=O)Nc2cccc(C)c2)C(=O)N(CC(=O)N2CCN(CC(=O)N3CCCC3)CC2)c2c(C)cccc21. The summed E-state index contributed by atoms with van der Waals surface area (Å²) >= 11 is 0. The lowest BCUT2D eigenvalue weighted by atomic mass is 10.0. The van der Waals surface area contributed by atoms with Crippen molar-refractivity contribution in [3.05, 3.63) is 59.2 Å². The van der Waals surface area contributed by atoms with Crippen LogP contribution in [0.15, 0.2) is 47.5 Å². The summed E-state index contributed by atoms with van der Waals surface area (Å²) in [5.41, 5.74) is 4.37. The van der Waals surface area contributed by atoms with Crippen LogP contribution in [-0.2, 0) is 14.4 Å². The third-order valence-corrected chi connectivity index (χ3v) is 8.10. The van der Waals surface area contributed by atoms with Crippen molar-refractivity contribution in [1.82, 2.24) is 20.0 Å². The third kappa shape index (κ3) is 6.62. The van der Waals surface area contributed by atoms with Gasteiger partial charge in [0.15, 0.2) is 0 Å². The third-order valence-electron chi connectivity index (χ3n) is 8.10. The predicted molar refractivity (Wildman–Crippen MR) is 162 cm³/mol. The molecule has 0 unspecified atom stereocenters. The molecule has 42 heavy (non-hydrogen) atoms. The fourth-order valence-corrected chi connectivity index (χ4v) is 5.80. The lowest BCUT2D eigenvalue weighted by Gasteiger charge is -2.36. The van der Waals surface area contributed by atoms with Crippen molar-refractivity contribution in [1.29, 1.82) is 0 Å². The van der Waals surface area contributed by atoms with Gasteiger partial charge in [0.1, 0.15) is 6.54 Å². The number of hydrogen-bond acceptors (Lipinski definition) is 6. The minimum Gasteiger partial charge on any atom is -0.342 e. The highest BCUT2D eigenvalue weighted by Crippen LogP contribution is 2.29. The Morgan fingerprint density at radius 3 is 2.24 bits per heavy atom. The number of amides is 5. The van der Waals surface area contributed by atoms with Crippen LogP contribution in [0.25, 0.3) is 0 Å². The number of fused-ring (bicyclic) bond motifs is 1. The van der Waals surface area contributed by atoms with Gasteiger partial charge in [0, 0.05) is 56.2 Å². The second-order valence-corrected chi connectivity index (χ2v) is 11.2. The van der Waals surface area contributed by atoms with Gasteiger partial charge in [-0.25, -0.2) is 4.79 Å². The molecule has 3 aliphatic rings. The zero-order valence-electron chi connectivity index (χ0n) is 24.6. The summed E-state index contributed by atoms with van der Waals surface area (Å²) in [6.07, 6.45) is 0.914. The Hall–Kier alpha value is -4.25. The van der Waals surface area contributed by atoms with E-state index in [1.165, 1.54) is 4.90 Å². The molecule has 5 rings (SSSR count). The van der Waals surface area contributed by atoms with E-state index < -0.39 is 18.1 Å². The number of urea groups is 1. The van der Waals surface area contributed by atoms with Crippen LogP contribution in [0.5, 0.6) is 0 Å². The topological polar surface area (TPSA) is 118 Å². The van der Waals surface area contributed by atoms with Gasteiger partial charge in [0.25, 0.3) is 5.91 Å². The van der Waals surface area contributed by atoms with Crippen LogP contribution in [0, 0.1) is 13.8 Å². The molecule has 11 nitrogen and oxygen atoms in total. The highest BCUT2D eigenvalue weighted by molar-refractivity contribution is 6.14. The molecule has 2 N–H and O–H groups in total. The van der Waals surface area contributed by atoms with Gasteiger partial charge in [-0.05, 0) is 56.9 Å². The highest BCUT2D eigenvalue weighted by atomic mass is 16.2. The van der Waals surface area contributed by atoms with E-state index in [1.54, 1.807) is 17.9 Å². The summed E-state index contributed by atoms with van der Waals surface area (Å²) in [5.74, 6) is -0.523. The maximum Gasteiger partial charge on any atom is 0.321 e. The lowest BCUT2D eigenvalue weighted by molar-refractivity contribution is -0.135. The van der Waals surface area contributed by atoms with Gasteiger partial charge in [-0.3, -0.25) is 29.2 Å². The summed E-state index contributed by atoms with van der Waals surface area (Å²) < 4.78 is 0. The van der Waals surface area contributed by atoms with Crippen LogP contribution < -0.4 is 15.5 Å². The lowest BCUT2D eigenvalue weighted by Crippen LogP contribution is -2.55. The molecule has 0 aliphatic carbocycles. The van der Waals surface area contributed by atoms with Crippen LogP contribution in [0.4, 0.5) is 16.2 Å². The molecule has 2 saturated heterocycles. The van der Waals surface area contributed by atoms with Gasteiger partial charge in [-0.15, -0.1) is 0 Å². The van der Waals surface area contributed by atoms with Crippen molar-refractivity contribution in [3.8, 4) is 0 Å². The number of rotatable bonds is 6. The number of nitrogens with one attached hydrogen (secondary N) is 2. The van der Waals surface area contributed by atoms with E-state index in [-0.39, 0.29) is 18.4 Å². The number of para-hydroxylation sites is 1. The van der Waals surface area contributed by atoms with E-state index in [0.29, 0.717) is 49.8 Å². The molecular weight excluding hydrogens is 534 g/mol. The smallest absolute Gasteiger partial charge is 0.321 e. The fraction of sp³-hybridized carbons (Fsp3) is 0.452. The first-order valence-corrected chi connectivity index (χ1v) is 14.6. The Morgan fingerprint density at radius 1 is 0.857 bits per heavy atom. The largest absolute Gasteiger partial charge is 0.342 e. The molecule has 3 aliphatic heterocycles. The first-order valence-electron chi connectivity index (χ1n) is 14.6. The summed E-state index contributed by atoms with van der Waals surface area (Å²) in [6.45, 7) is 9.61. The van der Waals surface area contributed by atoms with Gasteiger partial charge in [-0.2, -0.15) is 0 Å². The van der Waals surface area contributed by atoms with E-state index in [4.69, 9.17) is 0 Å². The molecule has 5 amide bonds. The minimum atomic E-state index is -1.21. The number of piperazine rings is 1. The number of aliphatic imine (C=N–C) groups is 1. The number of carbonyl (C=O) groups excluding carboxylic acids is 4. The van der Waals surface area contributed by atoms with Gasteiger partial charge in [-0.1, -0.05) is 30.3 Å². The Kier molecular flexibility index (Phi) is 8.86. The molecule has 11 heteroatoms. The van der Waals surface area contributed by atoms with Crippen LogP contribution in [0.2, 0.25) is 0 Å². The van der Waals surface area contributed by atoms with Crippen LogP contribution in [0.1, 0.15) is 36.5 Å². The zero-order valence-corrected chi connectivity index (χ0v) is 24.6. The highest BCUT2D eigenvalue weighted by Gasteiger charge is 2.35. The molecule has 0 saturated carbocycles. The summed E-state index contributed by atoms with van der Waals surface area (Å²) in [6, 6.07) is 12.4. The first kappa shape index (κ1) is 29.2. The zero-order chi connectivity index (χ0) is 29.8. The molecule has 0 bridgehead atoms. The summed E-state index contributed by atoms with van der Waals surface area (Å²) in [7, 11) is 0. The van der Waals surface area contributed by atoms with Crippen molar-refractivity contribution in [2.75, 3.05) is 62.6 Å². The van der Waals surface area contributed by atoms with E-state index >= 15 is 0 Å². The Labute approximate surface area is 246 Å². The molecule has 1 atom stereocenters. The molecular formula is C31H39N7O4. The van der Waals surface area contributed by atoms with E-state index in [2.05, 4.69) is 20.5 Å². The second kappa shape index (κ2) is 12.7. The van der Waals surface area contributed by atoms with E-state index in [9.17, 15) is 19.2 Å². The van der Waals surface area contributed by atoms with Crippen molar-refractivity contribution >= 4 is 40.8 Å². The second-order valence-electron chi connectivity index (χ2n) is 11.2. The number of carbonyl (C=O) groups is 4. The normalized spacial score (nSPS) is 19.2. The number of benzodiazepines with no additional fused rings is 1. The van der Waals surface area contributed by atoms with E-state index in [1.807, 2.05) is 55.1 Å². The maximum absolute atomic E-state index is 13.9. The summed E-state index contributed by atoms with van der Waals surface area (Å²) in [5, 5.41) is 5.46. The van der Waals surface area contributed by atoms with Crippen LogP contribution >= 0.6 is 0 Å². The number of benzene rings is 2. The van der Waals surface area contributed by atoms with Crippen molar-refractivity contribution in [2.45, 2.75) is 39.8 Å². The quantitative estimate of drug-likeness (QED) is 0.550. The molecule has 222 valence electrons. The average molecular weight is 574 g/mol.